The molecule has 1 aromatic carbocycles. The van der Waals surface area contributed by atoms with Crippen LogP contribution < -0.4 is 9.47 Å². The molecule has 0 bridgehead atoms. The van der Waals surface area contributed by atoms with Gasteiger partial charge in [0.05, 0.1) is 0 Å². The van der Waals surface area contributed by atoms with Crippen LogP contribution in [0.5, 0.6) is 11.5 Å². The number of hydrogen-bond acceptors (Lipinski definition) is 5. The standard InChI is InChI=1S/C11H16O5Si/c12-17(13,14)7-1-2-9-3-4-10-11(8-9)16-6-5-15-10/h3-4,8,12-14H,1-2,5-7H2/i12T,13T,14T. The van der Waals surface area contributed by atoms with E-state index in [0.29, 0.717) is 26.1 Å². The lowest BCUT2D eigenvalue weighted by molar-refractivity contribution is 0.171. The topological polar surface area (TPSA) is 79.2 Å². The van der Waals surface area contributed by atoms with Crippen molar-refractivity contribution < 1.29 is 23.9 Å². The van der Waals surface area contributed by atoms with Gasteiger partial charge in [0, 0.05) is 6.04 Å². The zero-order valence-corrected chi connectivity index (χ0v) is 10.3. The van der Waals surface area contributed by atoms with Crippen molar-refractivity contribution >= 4 is 8.80 Å². The van der Waals surface area contributed by atoms with Crippen LogP contribution in [-0.4, -0.2) is 40.7 Å². The fourth-order valence-corrected chi connectivity index (χ4v) is 2.36. The summed E-state index contributed by atoms with van der Waals surface area (Å²) in [6, 6.07) is 5.93. The van der Waals surface area contributed by atoms with Crippen molar-refractivity contribution in [2.75, 3.05) is 13.2 Å². The second-order valence-electron chi connectivity index (χ2n) is 4.01. The van der Waals surface area contributed by atoms with Crippen molar-refractivity contribution in [3.05, 3.63) is 23.8 Å². The van der Waals surface area contributed by atoms with E-state index in [1.165, 1.54) is 0 Å². The minimum Gasteiger partial charge on any atom is -0.486 e. The number of ether oxygens (including phenoxy) is 2. The summed E-state index contributed by atoms with van der Waals surface area (Å²) >= 11 is 0. The molecule has 3 N–H and O–H groups in total. The Hall–Kier alpha value is -1.08. The number of benzene rings is 1. The second kappa shape index (κ2) is 5.05. The number of aryl methyl sites for hydroxylation is 1. The summed E-state index contributed by atoms with van der Waals surface area (Å²) in [6.45, 7) is 1.10. The van der Waals surface area contributed by atoms with E-state index in [1.54, 1.807) is 0 Å². The van der Waals surface area contributed by atoms with E-state index >= 15 is 0 Å². The van der Waals surface area contributed by atoms with Crippen molar-refractivity contribution in [1.29, 1.82) is 4.29 Å². The van der Waals surface area contributed by atoms with E-state index in [-0.39, 0.29) is 6.04 Å². The van der Waals surface area contributed by atoms with Gasteiger partial charge in [-0.05, 0) is 30.5 Å². The molecule has 6 heteroatoms. The lowest BCUT2D eigenvalue weighted by Gasteiger charge is -2.19. The summed E-state index contributed by atoms with van der Waals surface area (Å²) in [7, 11) is -3.46. The molecule has 0 amide bonds. The normalized spacial score (nSPS) is 17.1. The fraction of sp³-hybridized carbons (Fsp3) is 0.455. The second-order valence-corrected chi connectivity index (χ2v) is 5.88. The predicted octanol–water partition coefficient (Wildman–Crippen LogP) is 0.306. The first-order chi connectivity index (χ1) is 9.73. The number of hydrogen-bond donors (Lipinski definition) is 3. The van der Waals surface area contributed by atoms with Gasteiger partial charge in [0.1, 0.15) is 13.2 Å². The molecular formula is C11H16O5Si. The molecule has 0 unspecified atom stereocenters. The molecule has 1 heterocycles. The van der Waals surface area contributed by atoms with Crippen molar-refractivity contribution in [3.63, 3.8) is 0 Å². The van der Waals surface area contributed by atoms with Gasteiger partial charge in [-0.3, -0.25) is 0 Å². The third kappa shape index (κ3) is 3.71. The Bertz CT molecular complexity index is 436. The highest BCUT2D eigenvalue weighted by molar-refractivity contribution is 6.56. The summed E-state index contributed by atoms with van der Waals surface area (Å²) in [4.78, 5) is 12.9. The van der Waals surface area contributed by atoms with Crippen LogP contribution in [0.15, 0.2) is 18.2 Å². The minimum atomic E-state index is -3.46. The molecule has 1 aliphatic heterocycles. The van der Waals surface area contributed by atoms with Crippen LogP contribution in [0, 0.1) is 0 Å². The summed E-state index contributed by atoms with van der Waals surface area (Å²) in [5.74, 6) is 1.46. The maximum absolute atomic E-state index is 6.85. The maximum Gasteiger partial charge on any atom is 0.492 e. The third-order valence-electron chi connectivity index (χ3n) is 2.56. The molecule has 2 rings (SSSR count). The van der Waals surface area contributed by atoms with E-state index in [2.05, 4.69) is 14.4 Å². The Morgan fingerprint density at radius 2 is 1.94 bits per heavy atom. The van der Waals surface area contributed by atoms with Crippen LogP contribution in [-0.2, 0) is 6.42 Å². The Labute approximate surface area is 105 Å². The SMILES string of the molecule is [3H]O[Si](CCCc1ccc2c(c1)OCCO2)(O[3H])O[3H]. The minimum absolute atomic E-state index is 0.234. The first-order valence-corrected chi connectivity index (χ1v) is 7.47. The molecule has 94 valence electrons. The molecule has 0 atom stereocenters. The lowest BCUT2D eigenvalue weighted by atomic mass is 10.1. The Balaban J connectivity index is 1.91. The monoisotopic (exact) mass is 262 g/mol. The highest BCUT2D eigenvalue weighted by Gasteiger charge is 2.25. The van der Waals surface area contributed by atoms with Crippen LogP contribution in [0.4, 0.5) is 0 Å². The molecule has 1 aliphatic rings. The fourth-order valence-electron chi connectivity index (χ4n) is 1.75. The van der Waals surface area contributed by atoms with Gasteiger partial charge >= 0.3 is 8.80 Å². The first-order valence-electron chi connectivity index (χ1n) is 6.77. The summed E-state index contributed by atoms with van der Waals surface area (Å²) < 4.78 is 31.5. The zero-order chi connectivity index (χ0) is 14.4. The van der Waals surface area contributed by atoms with Gasteiger partial charge in [-0.1, -0.05) is 6.07 Å². The van der Waals surface area contributed by atoms with Crippen molar-refractivity contribution in [2.45, 2.75) is 18.9 Å². The lowest BCUT2D eigenvalue weighted by Crippen LogP contribution is -2.34. The van der Waals surface area contributed by atoms with E-state index in [1.807, 2.05) is 18.2 Å². The van der Waals surface area contributed by atoms with Gasteiger partial charge in [-0.15, -0.1) is 0 Å². The quantitative estimate of drug-likeness (QED) is 0.616. The van der Waals surface area contributed by atoms with Crippen molar-refractivity contribution in [2.24, 2.45) is 0 Å². The van der Waals surface area contributed by atoms with E-state index in [9.17, 15) is 0 Å². The van der Waals surface area contributed by atoms with Crippen molar-refractivity contribution in [3.8, 4) is 11.5 Å². The highest BCUT2D eigenvalue weighted by Crippen LogP contribution is 2.31. The number of rotatable bonds is 7. The predicted molar refractivity (Wildman–Crippen MR) is 63.0 cm³/mol. The molecule has 0 radical (unpaired) electrons. The van der Waals surface area contributed by atoms with Gasteiger partial charge in [-0.25, -0.2) is 0 Å². The van der Waals surface area contributed by atoms with Crippen LogP contribution in [0.3, 0.4) is 0 Å². The van der Waals surface area contributed by atoms with Gasteiger partial charge in [0.2, 0.25) is 0 Å². The van der Waals surface area contributed by atoms with E-state index < -0.39 is 8.80 Å². The molecule has 0 saturated heterocycles. The third-order valence-corrected chi connectivity index (χ3v) is 3.52. The molecular weight excluding hydrogens is 240 g/mol. The molecule has 5 nitrogen and oxygen atoms in total. The first kappa shape index (κ1) is 8.93. The zero-order valence-electron chi connectivity index (χ0n) is 12.3. The molecule has 1 aromatic rings. The maximum atomic E-state index is 6.85. The molecule has 0 saturated carbocycles. The van der Waals surface area contributed by atoms with Gasteiger partial charge in [0.15, 0.2) is 15.8 Å². The Morgan fingerprint density at radius 3 is 2.71 bits per heavy atom. The van der Waals surface area contributed by atoms with Gasteiger partial charge in [-0.2, -0.15) is 0 Å². The number of fused-ring (bicyclic) bond motifs is 1. The van der Waals surface area contributed by atoms with Crippen LogP contribution in [0.2, 0.25) is 6.04 Å². The Morgan fingerprint density at radius 1 is 1.18 bits per heavy atom. The summed E-state index contributed by atoms with van der Waals surface area (Å²) in [5.41, 5.74) is 1.04. The molecule has 0 aliphatic carbocycles. The summed E-state index contributed by atoms with van der Waals surface area (Å²) in [6.07, 6.45) is 1.27. The van der Waals surface area contributed by atoms with Gasteiger partial charge < -0.3 is 23.9 Å². The molecule has 17 heavy (non-hydrogen) atoms. The van der Waals surface area contributed by atoms with Crippen LogP contribution in [0.1, 0.15) is 12.0 Å². The summed E-state index contributed by atoms with van der Waals surface area (Å²) in [5, 5.41) is 0. The van der Waals surface area contributed by atoms with E-state index in [4.69, 9.17) is 13.8 Å². The van der Waals surface area contributed by atoms with Gasteiger partial charge in [0.25, 0.3) is 0 Å². The molecule has 0 spiro atoms. The smallest absolute Gasteiger partial charge is 0.486 e. The average Bonchev–Trinajstić information content (AvgIpc) is 2.52. The largest absolute Gasteiger partial charge is 0.492 e. The Kier molecular flexibility index (Phi) is 2.65. The average molecular weight is 262 g/mol. The van der Waals surface area contributed by atoms with Crippen molar-refractivity contribution in [1.82, 2.24) is 0 Å². The molecule has 0 aromatic heterocycles. The van der Waals surface area contributed by atoms with E-state index in [0.717, 1.165) is 17.1 Å². The van der Waals surface area contributed by atoms with Crippen LogP contribution in [0.25, 0.3) is 0 Å². The van der Waals surface area contributed by atoms with Crippen LogP contribution >= 0.6 is 0 Å². The highest BCUT2D eigenvalue weighted by atomic mass is 28.4. The molecule has 0 fully saturated rings.